The smallest absolute Gasteiger partial charge is 0.338 e. The third-order valence-corrected chi connectivity index (χ3v) is 4.57. The van der Waals surface area contributed by atoms with Crippen LogP contribution < -0.4 is 5.32 Å². The number of carboxylic acids is 1. The molecule has 7 nitrogen and oxygen atoms in total. The number of nitrogens with one attached hydrogen (secondary N) is 1. The molecule has 2 aliphatic rings. The summed E-state index contributed by atoms with van der Waals surface area (Å²) in [7, 11) is 0. The number of hydrogen-bond acceptors (Lipinski definition) is 5. The summed E-state index contributed by atoms with van der Waals surface area (Å²) in [5, 5.41) is 13.7. The highest BCUT2D eigenvalue weighted by atomic mass is 32.1. The normalized spacial score (nSPS) is 20.7. The Balaban J connectivity index is 1.59. The Bertz CT molecular complexity index is 543. The van der Waals surface area contributed by atoms with Crippen molar-refractivity contribution in [2.24, 2.45) is 0 Å². The highest BCUT2D eigenvalue weighted by Gasteiger charge is 2.40. The Morgan fingerprint density at radius 2 is 1.95 bits per heavy atom. The molecular weight excluding hydrogens is 296 g/mol. The molecule has 1 spiro atoms. The standard InChI is InChI=1S/C13H16N2O5S/c16-11(17)9-1-8-21-10(9)14-12(18)15-4-2-13(3-5-15)19-6-7-20-13/h1,8H,2-7H2,(H,14,18)(H,16,17). The van der Waals surface area contributed by atoms with Gasteiger partial charge in [-0.1, -0.05) is 0 Å². The molecule has 0 aliphatic carbocycles. The van der Waals surface area contributed by atoms with Gasteiger partial charge in [-0.3, -0.25) is 5.32 Å². The maximum Gasteiger partial charge on any atom is 0.338 e. The molecular formula is C13H16N2O5S. The number of thiophene rings is 1. The van der Waals surface area contributed by atoms with E-state index in [0.717, 1.165) is 0 Å². The topological polar surface area (TPSA) is 88.1 Å². The zero-order chi connectivity index (χ0) is 14.9. The first-order valence-corrected chi connectivity index (χ1v) is 7.62. The van der Waals surface area contributed by atoms with Crippen molar-refractivity contribution in [2.45, 2.75) is 18.6 Å². The van der Waals surface area contributed by atoms with E-state index in [1.165, 1.54) is 17.4 Å². The highest BCUT2D eigenvalue weighted by Crippen LogP contribution is 2.31. The van der Waals surface area contributed by atoms with Crippen molar-refractivity contribution in [1.29, 1.82) is 0 Å². The van der Waals surface area contributed by atoms with Crippen LogP contribution >= 0.6 is 11.3 Å². The van der Waals surface area contributed by atoms with Gasteiger partial charge in [0.05, 0.1) is 18.8 Å². The summed E-state index contributed by atoms with van der Waals surface area (Å²) >= 11 is 1.20. The second-order valence-electron chi connectivity index (χ2n) is 4.99. The maximum atomic E-state index is 12.2. The molecule has 8 heteroatoms. The Hall–Kier alpha value is -1.64. The fraction of sp³-hybridized carbons (Fsp3) is 0.538. The van der Waals surface area contributed by atoms with Crippen LogP contribution in [-0.4, -0.2) is 54.1 Å². The van der Waals surface area contributed by atoms with E-state index in [1.807, 2.05) is 0 Å². The molecule has 0 saturated carbocycles. The monoisotopic (exact) mass is 312 g/mol. The summed E-state index contributed by atoms with van der Waals surface area (Å²) < 4.78 is 11.2. The molecule has 21 heavy (non-hydrogen) atoms. The molecule has 2 saturated heterocycles. The number of aromatic carboxylic acids is 1. The summed E-state index contributed by atoms with van der Waals surface area (Å²) in [6, 6.07) is 1.20. The Morgan fingerprint density at radius 3 is 2.57 bits per heavy atom. The minimum Gasteiger partial charge on any atom is -0.478 e. The number of amides is 2. The van der Waals surface area contributed by atoms with Crippen LogP contribution in [0.1, 0.15) is 23.2 Å². The van der Waals surface area contributed by atoms with Crippen LogP contribution in [0.15, 0.2) is 11.4 Å². The van der Waals surface area contributed by atoms with Gasteiger partial charge in [0.2, 0.25) is 0 Å². The molecule has 3 rings (SSSR count). The van der Waals surface area contributed by atoms with Crippen molar-refractivity contribution < 1.29 is 24.2 Å². The minimum atomic E-state index is -1.04. The van der Waals surface area contributed by atoms with Crippen molar-refractivity contribution in [3.05, 3.63) is 17.0 Å². The number of carbonyl (C=O) groups excluding carboxylic acids is 1. The molecule has 2 amide bonds. The van der Waals surface area contributed by atoms with Crippen molar-refractivity contribution in [3.63, 3.8) is 0 Å². The Kier molecular flexibility index (Phi) is 3.83. The third kappa shape index (κ3) is 2.87. The minimum absolute atomic E-state index is 0.115. The highest BCUT2D eigenvalue weighted by molar-refractivity contribution is 7.14. The molecule has 2 N–H and O–H groups in total. The van der Waals surface area contributed by atoms with Gasteiger partial charge in [-0.25, -0.2) is 9.59 Å². The summed E-state index contributed by atoms with van der Waals surface area (Å²) in [6.45, 7) is 2.26. The number of rotatable bonds is 2. The van der Waals surface area contributed by atoms with Gasteiger partial charge in [0.1, 0.15) is 5.00 Å². The molecule has 0 bridgehead atoms. The summed E-state index contributed by atoms with van der Waals surface area (Å²) in [5.41, 5.74) is 0.115. The third-order valence-electron chi connectivity index (χ3n) is 3.74. The largest absolute Gasteiger partial charge is 0.478 e. The predicted molar refractivity (Wildman–Crippen MR) is 75.7 cm³/mol. The van der Waals surface area contributed by atoms with E-state index in [-0.39, 0.29) is 11.6 Å². The van der Waals surface area contributed by atoms with Gasteiger partial charge in [-0.2, -0.15) is 0 Å². The van der Waals surface area contributed by atoms with E-state index in [9.17, 15) is 9.59 Å². The predicted octanol–water partition coefficient (Wildman–Crippen LogP) is 1.82. The lowest BCUT2D eigenvalue weighted by molar-refractivity contribution is -0.181. The zero-order valence-corrected chi connectivity index (χ0v) is 12.1. The van der Waals surface area contributed by atoms with Crippen molar-refractivity contribution in [1.82, 2.24) is 4.90 Å². The number of likely N-dealkylation sites (tertiary alicyclic amines) is 1. The van der Waals surface area contributed by atoms with E-state index in [0.29, 0.717) is 44.1 Å². The zero-order valence-electron chi connectivity index (χ0n) is 11.3. The van der Waals surface area contributed by atoms with Gasteiger partial charge in [-0.15, -0.1) is 11.3 Å². The van der Waals surface area contributed by atoms with E-state index in [2.05, 4.69) is 5.32 Å². The average Bonchev–Trinajstić information content (AvgIpc) is 3.09. The lowest BCUT2D eigenvalue weighted by Gasteiger charge is -2.37. The number of carboxylic acid groups (broad SMARTS) is 1. The molecule has 2 aliphatic heterocycles. The molecule has 114 valence electrons. The number of piperidine rings is 1. The fourth-order valence-corrected chi connectivity index (χ4v) is 3.36. The van der Waals surface area contributed by atoms with E-state index < -0.39 is 11.8 Å². The van der Waals surface area contributed by atoms with Crippen LogP contribution in [-0.2, 0) is 9.47 Å². The number of anilines is 1. The van der Waals surface area contributed by atoms with E-state index in [4.69, 9.17) is 14.6 Å². The van der Waals surface area contributed by atoms with Gasteiger partial charge in [0.15, 0.2) is 5.79 Å². The second kappa shape index (κ2) is 5.63. The van der Waals surface area contributed by atoms with Crippen molar-refractivity contribution >= 4 is 28.3 Å². The van der Waals surface area contributed by atoms with Gasteiger partial charge in [0, 0.05) is 25.9 Å². The summed E-state index contributed by atoms with van der Waals surface area (Å²) in [6.07, 6.45) is 1.27. The number of nitrogens with zero attached hydrogens (tertiary/aromatic N) is 1. The quantitative estimate of drug-likeness (QED) is 0.869. The first kappa shape index (κ1) is 14.3. The average molecular weight is 312 g/mol. The van der Waals surface area contributed by atoms with Crippen molar-refractivity contribution in [2.75, 3.05) is 31.6 Å². The number of urea groups is 1. The molecule has 0 aromatic carbocycles. The van der Waals surface area contributed by atoms with Gasteiger partial charge >= 0.3 is 12.0 Å². The Labute approximate surface area is 125 Å². The molecule has 1 aromatic rings. The van der Waals surface area contributed by atoms with Gasteiger partial charge < -0.3 is 19.5 Å². The second-order valence-corrected chi connectivity index (χ2v) is 5.91. The first-order valence-electron chi connectivity index (χ1n) is 6.74. The van der Waals surface area contributed by atoms with E-state index in [1.54, 1.807) is 10.3 Å². The van der Waals surface area contributed by atoms with Crippen LogP contribution in [0.3, 0.4) is 0 Å². The summed E-state index contributed by atoms with van der Waals surface area (Å²) in [5.74, 6) is -1.57. The van der Waals surface area contributed by atoms with Gasteiger partial charge in [-0.05, 0) is 11.4 Å². The molecule has 3 heterocycles. The number of carbonyl (C=O) groups is 2. The summed E-state index contributed by atoms with van der Waals surface area (Å²) in [4.78, 5) is 24.9. The van der Waals surface area contributed by atoms with Crippen LogP contribution in [0.4, 0.5) is 9.80 Å². The first-order chi connectivity index (χ1) is 10.1. The maximum absolute atomic E-state index is 12.2. The lowest BCUT2D eigenvalue weighted by atomic mass is 10.0. The van der Waals surface area contributed by atoms with Crippen LogP contribution in [0, 0.1) is 0 Å². The molecule has 0 unspecified atom stereocenters. The number of hydrogen-bond donors (Lipinski definition) is 2. The Morgan fingerprint density at radius 1 is 1.29 bits per heavy atom. The molecule has 2 fully saturated rings. The fourth-order valence-electron chi connectivity index (χ4n) is 2.59. The number of ether oxygens (including phenoxy) is 2. The lowest BCUT2D eigenvalue weighted by Crippen LogP contribution is -2.48. The van der Waals surface area contributed by atoms with Crippen molar-refractivity contribution in [3.8, 4) is 0 Å². The SMILES string of the molecule is O=C(O)c1ccsc1NC(=O)N1CCC2(CC1)OCCO2. The molecule has 0 atom stereocenters. The van der Waals surface area contributed by atoms with Gasteiger partial charge in [0.25, 0.3) is 0 Å². The van der Waals surface area contributed by atoms with E-state index >= 15 is 0 Å². The molecule has 1 aromatic heterocycles. The van der Waals surface area contributed by atoms with Crippen LogP contribution in [0.25, 0.3) is 0 Å². The molecule has 0 radical (unpaired) electrons. The van der Waals surface area contributed by atoms with Crippen LogP contribution in [0.5, 0.6) is 0 Å². The van der Waals surface area contributed by atoms with Crippen LogP contribution in [0.2, 0.25) is 0 Å².